The second-order valence-electron chi connectivity index (χ2n) is 8.13. The van der Waals surface area contributed by atoms with Gasteiger partial charge in [0.05, 0.1) is 24.2 Å². The van der Waals surface area contributed by atoms with Crippen molar-refractivity contribution in [3.8, 4) is 5.75 Å². The van der Waals surface area contributed by atoms with Crippen molar-refractivity contribution in [3.05, 3.63) is 59.4 Å². The molecule has 1 N–H and O–H groups in total. The minimum Gasteiger partial charge on any atom is -0.497 e. The topological polar surface area (TPSA) is 59.4 Å². The lowest BCUT2D eigenvalue weighted by molar-refractivity contribution is 0.0924. The molecule has 0 aliphatic carbocycles. The van der Waals surface area contributed by atoms with Gasteiger partial charge in [0.2, 0.25) is 0 Å². The first-order chi connectivity index (χ1) is 15.5. The number of carbonyl (C=O) groups is 1. The molecule has 1 atom stereocenters. The van der Waals surface area contributed by atoms with Crippen LogP contribution in [0.25, 0.3) is 11.0 Å². The number of aromatic nitrogens is 2. The molecule has 2 aromatic carbocycles. The number of ether oxygens (including phenoxy) is 1. The van der Waals surface area contributed by atoms with Gasteiger partial charge in [-0.15, -0.1) is 0 Å². The van der Waals surface area contributed by atoms with Gasteiger partial charge in [0, 0.05) is 19.2 Å². The Morgan fingerprint density at radius 1 is 1.12 bits per heavy atom. The minimum atomic E-state index is -2.67. The third-order valence-corrected chi connectivity index (χ3v) is 6.16. The maximum absolute atomic E-state index is 13.1. The minimum absolute atomic E-state index is 0.0502. The predicted molar refractivity (Wildman–Crippen MR) is 119 cm³/mol. The van der Waals surface area contributed by atoms with Crippen LogP contribution in [0.4, 0.5) is 8.78 Å². The Hall–Kier alpha value is -3.00. The van der Waals surface area contributed by atoms with Crippen LogP contribution in [0.1, 0.15) is 53.5 Å². The van der Waals surface area contributed by atoms with Crippen LogP contribution in [0.5, 0.6) is 5.75 Å². The van der Waals surface area contributed by atoms with Crippen LogP contribution in [-0.4, -0.2) is 47.1 Å². The number of rotatable bonds is 7. The molecule has 0 radical (unpaired) electrons. The third-order valence-electron chi connectivity index (χ3n) is 6.16. The summed E-state index contributed by atoms with van der Waals surface area (Å²) < 4.78 is 32.9. The number of fused-ring (bicyclic) bond motifs is 1. The first-order valence-corrected chi connectivity index (χ1v) is 10.9. The van der Waals surface area contributed by atoms with Crippen LogP contribution >= 0.6 is 0 Å². The summed E-state index contributed by atoms with van der Waals surface area (Å²) in [4.78, 5) is 19.3. The molecule has 1 aromatic heterocycles. The zero-order chi connectivity index (χ0) is 22.7. The molecule has 0 bridgehead atoms. The molecule has 8 heteroatoms. The van der Waals surface area contributed by atoms with Crippen molar-refractivity contribution in [3.63, 3.8) is 0 Å². The van der Waals surface area contributed by atoms with Gasteiger partial charge in [0.15, 0.2) is 5.82 Å². The van der Waals surface area contributed by atoms with Gasteiger partial charge in [-0.2, -0.15) is 0 Å². The summed E-state index contributed by atoms with van der Waals surface area (Å²) in [5, 5.41) is 3.04. The maximum Gasteiger partial charge on any atom is 0.295 e. The van der Waals surface area contributed by atoms with Gasteiger partial charge in [0.25, 0.3) is 12.3 Å². The number of carbonyl (C=O) groups excluding carboxylic acids is 1. The van der Waals surface area contributed by atoms with Crippen molar-refractivity contribution in [2.45, 2.75) is 31.7 Å². The second kappa shape index (κ2) is 9.65. The molecule has 1 aliphatic heterocycles. The Labute approximate surface area is 186 Å². The Morgan fingerprint density at radius 2 is 1.84 bits per heavy atom. The Bertz CT molecular complexity index is 1080. The quantitative estimate of drug-likeness (QED) is 0.586. The van der Waals surface area contributed by atoms with E-state index in [9.17, 15) is 13.6 Å². The summed E-state index contributed by atoms with van der Waals surface area (Å²) in [7, 11) is 3.19. The average Bonchev–Trinajstić information content (AvgIpc) is 3.16. The summed E-state index contributed by atoms with van der Waals surface area (Å²) >= 11 is 0. The highest BCUT2D eigenvalue weighted by Gasteiger charge is 2.24. The van der Waals surface area contributed by atoms with E-state index >= 15 is 0 Å². The van der Waals surface area contributed by atoms with Gasteiger partial charge in [-0.3, -0.25) is 9.69 Å². The molecular weight excluding hydrogens is 414 g/mol. The number of benzene rings is 2. The smallest absolute Gasteiger partial charge is 0.295 e. The number of alkyl halides is 2. The zero-order valence-electron chi connectivity index (χ0n) is 18.4. The normalized spacial score (nSPS) is 15.8. The molecule has 3 aromatic rings. The highest BCUT2D eigenvalue weighted by atomic mass is 19.3. The van der Waals surface area contributed by atoms with Gasteiger partial charge in [0.1, 0.15) is 5.75 Å². The van der Waals surface area contributed by atoms with E-state index in [1.54, 1.807) is 32.4 Å². The van der Waals surface area contributed by atoms with Crippen LogP contribution in [0.2, 0.25) is 0 Å². The zero-order valence-corrected chi connectivity index (χ0v) is 18.4. The van der Waals surface area contributed by atoms with E-state index in [0.29, 0.717) is 23.1 Å². The average molecular weight is 443 g/mol. The van der Waals surface area contributed by atoms with Crippen molar-refractivity contribution >= 4 is 16.9 Å². The van der Waals surface area contributed by atoms with Crippen LogP contribution in [0.15, 0.2) is 42.5 Å². The van der Waals surface area contributed by atoms with Gasteiger partial charge in [-0.1, -0.05) is 18.6 Å². The van der Waals surface area contributed by atoms with Gasteiger partial charge < -0.3 is 14.6 Å². The fraction of sp³-hybridized carbons (Fsp3) is 0.417. The molecule has 1 aliphatic rings. The van der Waals surface area contributed by atoms with E-state index in [2.05, 4.69) is 15.2 Å². The van der Waals surface area contributed by atoms with E-state index in [1.807, 2.05) is 24.3 Å². The molecule has 170 valence electrons. The van der Waals surface area contributed by atoms with Gasteiger partial charge in [-0.25, -0.2) is 13.8 Å². The standard InChI is InChI=1S/C24H28F2N4O2/c1-29-20-11-8-17(14-19(20)28-23(29)22(25)26)24(31)27-15-21(30-12-4-3-5-13-30)16-6-9-18(32-2)10-7-16/h6-11,14,21-22H,3-5,12-13,15H2,1-2H3,(H,27,31)/t21-/m0/s1. The van der Waals surface area contributed by atoms with E-state index in [0.717, 1.165) is 37.2 Å². The lowest BCUT2D eigenvalue weighted by Gasteiger charge is -2.35. The molecule has 32 heavy (non-hydrogen) atoms. The molecule has 6 nitrogen and oxygen atoms in total. The highest BCUT2D eigenvalue weighted by Crippen LogP contribution is 2.27. The predicted octanol–water partition coefficient (Wildman–Crippen LogP) is 4.48. The lowest BCUT2D eigenvalue weighted by Crippen LogP contribution is -2.40. The van der Waals surface area contributed by atoms with Crippen molar-refractivity contribution < 1.29 is 18.3 Å². The molecule has 2 heterocycles. The SMILES string of the molecule is COc1ccc([C@H](CNC(=O)c2ccc3c(c2)nc(C(F)F)n3C)N2CCCCC2)cc1. The van der Waals surface area contributed by atoms with E-state index < -0.39 is 6.43 Å². The van der Waals surface area contributed by atoms with E-state index in [1.165, 1.54) is 11.0 Å². The fourth-order valence-corrected chi connectivity index (χ4v) is 4.36. The number of amides is 1. The molecule has 0 unspecified atom stereocenters. The number of likely N-dealkylation sites (tertiary alicyclic amines) is 1. The van der Waals surface area contributed by atoms with Crippen molar-refractivity contribution in [2.24, 2.45) is 7.05 Å². The maximum atomic E-state index is 13.1. The monoisotopic (exact) mass is 442 g/mol. The number of halogens is 2. The van der Waals surface area contributed by atoms with Crippen LogP contribution in [0, 0.1) is 0 Å². The number of methoxy groups -OCH3 is 1. The molecule has 1 saturated heterocycles. The summed E-state index contributed by atoms with van der Waals surface area (Å²) in [6.45, 7) is 2.43. The van der Waals surface area contributed by atoms with E-state index in [-0.39, 0.29) is 17.8 Å². The number of imidazole rings is 1. The molecule has 0 spiro atoms. The second-order valence-corrected chi connectivity index (χ2v) is 8.13. The Balaban J connectivity index is 1.52. The van der Waals surface area contributed by atoms with E-state index in [4.69, 9.17) is 4.74 Å². The largest absolute Gasteiger partial charge is 0.497 e. The molecular formula is C24H28F2N4O2. The molecule has 1 fully saturated rings. The summed E-state index contributed by atoms with van der Waals surface area (Å²) in [5.41, 5.74) is 2.48. The molecule has 1 amide bonds. The number of nitrogens with zero attached hydrogens (tertiary/aromatic N) is 3. The van der Waals surface area contributed by atoms with Crippen LogP contribution in [-0.2, 0) is 7.05 Å². The Kier molecular flexibility index (Phi) is 6.69. The molecule has 0 saturated carbocycles. The van der Waals surface area contributed by atoms with Crippen LogP contribution in [0.3, 0.4) is 0 Å². The number of aryl methyl sites for hydroxylation is 1. The fourth-order valence-electron chi connectivity index (χ4n) is 4.36. The van der Waals surface area contributed by atoms with Crippen LogP contribution < -0.4 is 10.1 Å². The highest BCUT2D eigenvalue weighted by molar-refractivity contribution is 5.97. The van der Waals surface area contributed by atoms with Gasteiger partial charge >= 0.3 is 0 Å². The number of nitrogens with one attached hydrogen (secondary N) is 1. The summed E-state index contributed by atoms with van der Waals surface area (Å²) in [5.74, 6) is 0.246. The molecule has 4 rings (SSSR count). The number of piperidine rings is 1. The first kappa shape index (κ1) is 22.2. The van der Waals surface area contributed by atoms with Crippen molar-refractivity contribution in [2.75, 3.05) is 26.7 Å². The first-order valence-electron chi connectivity index (χ1n) is 10.9. The Morgan fingerprint density at radius 3 is 2.50 bits per heavy atom. The summed E-state index contributed by atoms with van der Waals surface area (Å²) in [6.07, 6.45) is 0.842. The van der Waals surface area contributed by atoms with Crippen molar-refractivity contribution in [1.82, 2.24) is 19.8 Å². The van der Waals surface area contributed by atoms with Gasteiger partial charge in [-0.05, 0) is 61.8 Å². The number of hydrogen-bond acceptors (Lipinski definition) is 4. The van der Waals surface area contributed by atoms with Crippen molar-refractivity contribution in [1.29, 1.82) is 0 Å². The third kappa shape index (κ3) is 4.60. The lowest BCUT2D eigenvalue weighted by atomic mass is 10.0. The summed E-state index contributed by atoms with van der Waals surface area (Å²) in [6, 6.07) is 12.9. The number of hydrogen-bond donors (Lipinski definition) is 1.